The highest BCUT2D eigenvalue weighted by Crippen LogP contribution is 2.32. The van der Waals surface area contributed by atoms with Crippen molar-refractivity contribution in [3.8, 4) is 5.75 Å². The Morgan fingerprint density at radius 2 is 1.97 bits per heavy atom. The van der Waals surface area contributed by atoms with Crippen LogP contribution in [0, 0.1) is 10.7 Å². The van der Waals surface area contributed by atoms with Crippen molar-refractivity contribution < 1.29 is 37.0 Å². The fraction of sp³-hybridized carbons (Fsp3) is 0.600. The van der Waals surface area contributed by atoms with E-state index in [1.165, 1.54) is 9.80 Å². The number of piperidine rings is 1. The fourth-order valence-electron chi connectivity index (χ4n) is 3.86. The van der Waals surface area contributed by atoms with E-state index in [4.69, 9.17) is 0 Å². The maximum Gasteiger partial charge on any atom is 0.573 e. The Bertz CT molecular complexity index is 881. The molecule has 1 saturated heterocycles. The summed E-state index contributed by atoms with van der Waals surface area (Å²) in [5, 5.41) is 15.5. The molecule has 1 saturated carbocycles. The molecule has 2 atom stereocenters. The Morgan fingerprint density at radius 1 is 1.24 bits per heavy atom. The number of hydrogen-bond donors (Lipinski definition) is 2. The lowest BCUT2D eigenvalue weighted by molar-refractivity contribution is -0.274. The molecular weight excluding hydrogens is 452 g/mol. The molecule has 1 aromatic carbocycles. The number of aliphatic hydroxyl groups excluding tert-OH is 1. The molecule has 182 valence electrons. The molecule has 2 fully saturated rings. The molecule has 9 nitrogen and oxygen atoms in total. The Kier molecular flexibility index (Phi) is 7.72. The molecular formula is C20H24F4N4O5. The molecule has 1 aromatic rings. The topological polar surface area (TPSA) is 112 Å². The van der Waals surface area contributed by atoms with E-state index in [1.807, 2.05) is 0 Å². The second-order valence-corrected chi connectivity index (χ2v) is 8.04. The van der Waals surface area contributed by atoms with Gasteiger partial charge in [-0.2, -0.15) is 4.91 Å². The predicted molar refractivity (Wildman–Crippen MR) is 106 cm³/mol. The van der Waals surface area contributed by atoms with Crippen molar-refractivity contribution in [1.82, 2.24) is 15.1 Å². The third-order valence-corrected chi connectivity index (χ3v) is 5.43. The molecule has 1 heterocycles. The molecule has 2 N–H and O–H groups in total. The number of carbonyl (C=O) groups excluding carboxylic acids is 2. The number of amides is 3. The van der Waals surface area contributed by atoms with Crippen LogP contribution in [0.2, 0.25) is 0 Å². The first-order valence-electron chi connectivity index (χ1n) is 10.4. The second kappa shape index (κ2) is 10.3. The third kappa shape index (κ3) is 7.01. The summed E-state index contributed by atoms with van der Waals surface area (Å²) in [7, 11) is 0. The Morgan fingerprint density at radius 3 is 2.58 bits per heavy atom. The molecule has 3 amide bonds. The number of benzene rings is 1. The van der Waals surface area contributed by atoms with Crippen molar-refractivity contribution in [3.63, 3.8) is 0 Å². The molecule has 0 aromatic heterocycles. The monoisotopic (exact) mass is 476 g/mol. The highest BCUT2D eigenvalue weighted by Gasteiger charge is 2.41. The first kappa shape index (κ1) is 24.7. The number of nitroso groups, excluding NO2 is 1. The lowest BCUT2D eigenvalue weighted by Gasteiger charge is -2.41. The van der Waals surface area contributed by atoms with Gasteiger partial charge in [0, 0.05) is 43.7 Å². The van der Waals surface area contributed by atoms with E-state index >= 15 is 0 Å². The SMILES string of the molecule is O=NCCC(=O)N1CC(N(C(=O)NCc2ccc(OC(F)(F)F)cc2F)C2CC2)C[C@H](O)C1. The molecule has 0 bridgehead atoms. The quantitative estimate of drug-likeness (QED) is 0.443. The predicted octanol–water partition coefficient (Wildman–Crippen LogP) is 2.52. The number of carbonyl (C=O) groups is 2. The minimum Gasteiger partial charge on any atom is -0.406 e. The van der Waals surface area contributed by atoms with Gasteiger partial charge < -0.3 is 25.0 Å². The van der Waals surface area contributed by atoms with Gasteiger partial charge in [0.2, 0.25) is 5.91 Å². The van der Waals surface area contributed by atoms with Crippen molar-refractivity contribution in [1.29, 1.82) is 0 Å². The van der Waals surface area contributed by atoms with Gasteiger partial charge in [-0.3, -0.25) is 4.79 Å². The average molecular weight is 476 g/mol. The summed E-state index contributed by atoms with van der Waals surface area (Å²) < 4.78 is 54.7. The number of nitrogens with zero attached hydrogens (tertiary/aromatic N) is 3. The first-order valence-corrected chi connectivity index (χ1v) is 10.4. The normalized spacial score (nSPS) is 20.8. The van der Waals surface area contributed by atoms with Gasteiger partial charge in [0.05, 0.1) is 18.7 Å². The molecule has 1 aliphatic carbocycles. The number of aliphatic hydroxyl groups is 1. The van der Waals surface area contributed by atoms with E-state index in [1.54, 1.807) is 0 Å². The van der Waals surface area contributed by atoms with Crippen LogP contribution in [0.5, 0.6) is 5.75 Å². The lowest BCUT2D eigenvalue weighted by Crippen LogP contribution is -2.58. The maximum atomic E-state index is 14.2. The van der Waals surface area contributed by atoms with Crippen molar-refractivity contribution in [2.24, 2.45) is 5.18 Å². The van der Waals surface area contributed by atoms with E-state index in [9.17, 15) is 37.2 Å². The smallest absolute Gasteiger partial charge is 0.406 e. The largest absolute Gasteiger partial charge is 0.573 e. The van der Waals surface area contributed by atoms with E-state index in [0.717, 1.165) is 25.0 Å². The number of alkyl halides is 3. The molecule has 1 aliphatic heterocycles. The van der Waals surface area contributed by atoms with E-state index in [-0.39, 0.29) is 56.5 Å². The number of β-amino-alcohol motifs (C(OH)–C–C–N with tert-alkyl or cyclic N) is 1. The summed E-state index contributed by atoms with van der Waals surface area (Å²) >= 11 is 0. The highest BCUT2D eigenvalue weighted by molar-refractivity contribution is 5.77. The number of halogens is 4. The van der Waals surface area contributed by atoms with Crippen LogP contribution in [0.1, 0.15) is 31.2 Å². The number of rotatable bonds is 8. The van der Waals surface area contributed by atoms with Crippen LogP contribution in [0.25, 0.3) is 0 Å². The minimum atomic E-state index is -4.95. The van der Waals surface area contributed by atoms with Crippen molar-refractivity contribution in [3.05, 3.63) is 34.5 Å². The summed E-state index contributed by atoms with van der Waals surface area (Å²) in [4.78, 5) is 38.4. The molecule has 33 heavy (non-hydrogen) atoms. The number of ether oxygens (including phenoxy) is 1. The zero-order valence-corrected chi connectivity index (χ0v) is 17.6. The number of likely N-dealkylation sites (tertiary alicyclic amines) is 1. The molecule has 0 spiro atoms. The van der Waals surface area contributed by atoms with Crippen LogP contribution in [0.15, 0.2) is 23.4 Å². The van der Waals surface area contributed by atoms with Gasteiger partial charge in [0.15, 0.2) is 0 Å². The number of urea groups is 1. The molecule has 13 heteroatoms. The van der Waals surface area contributed by atoms with Crippen molar-refractivity contribution >= 4 is 11.9 Å². The Labute approximate surface area is 186 Å². The van der Waals surface area contributed by atoms with E-state index in [2.05, 4.69) is 15.2 Å². The van der Waals surface area contributed by atoms with Crippen LogP contribution in [-0.2, 0) is 11.3 Å². The summed E-state index contributed by atoms with van der Waals surface area (Å²) in [5.41, 5.74) is -0.0320. The lowest BCUT2D eigenvalue weighted by atomic mass is 10.0. The van der Waals surface area contributed by atoms with Gasteiger partial charge in [0.25, 0.3) is 0 Å². The zero-order valence-electron chi connectivity index (χ0n) is 17.6. The summed E-state index contributed by atoms with van der Waals surface area (Å²) in [6, 6.07) is 1.51. The van der Waals surface area contributed by atoms with Crippen LogP contribution in [-0.4, -0.2) is 71.0 Å². The van der Waals surface area contributed by atoms with Gasteiger partial charge in [-0.25, -0.2) is 9.18 Å². The van der Waals surface area contributed by atoms with Gasteiger partial charge in [-0.15, -0.1) is 13.2 Å². The standard InChI is InChI=1S/C20H24F4N4O5/c21-17-8-16(33-20(22,23)24)4-1-12(17)9-25-19(31)28(13-2-3-13)14-7-15(29)11-27(10-14)18(30)5-6-26-32/h1,4,8,13-15,29H,2-3,5-7,9-11H2,(H,25,31)/t14?,15-/m0/s1. The molecule has 0 radical (unpaired) electrons. The van der Waals surface area contributed by atoms with Crippen LogP contribution >= 0.6 is 0 Å². The first-order chi connectivity index (χ1) is 15.6. The summed E-state index contributed by atoms with van der Waals surface area (Å²) in [6.45, 7) is -0.188. The Hall–Kier alpha value is -2.96. The summed E-state index contributed by atoms with van der Waals surface area (Å²) in [5.74, 6) is -2.03. The third-order valence-electron chi connectivity index (χ3n) is 5.43. The van der Waals surface area contributed by atoms with Crippen molar-refractivity contribution in [2.75, 3.05) is 19.6 Å². The van der Waals surface area contributed by atoms with Crippen LogP contribution < -0.4 is 10.1 Å². The average Bonchev–Trinajstić information content (AvgIpc) is 3.55. The van der Waals surface area contributed by atoms with Gasteiger partial charge in [0.1, 0.15) is 11.6 Å². The fourth-order valence-corrected chi connectivity index (χ4v) is 3.86. The van der Waals surface area contributed by atoms with Gasteiger partial charge >= 0.3 is 12.4 Å². The summed E-state index contributed by atoms with van der Waals surface area (Å²) in [6.07, 6.45) is -4.17. The zero-order chi connectivity index (χ0) is 24.2. The van der Waals surface area contributed by atoms with Gasteiger partial charge in [-0.1, -0.05) is 11.2 Å². The molecule has 1 unspecified atom stereocenters. The maximum absolute atomic E-state index is 14.2. The van der Waals surface area contributed by atoms with E-state index in [0.29, 0.717) is 6.07 Å². The number of nitrogens with one attached hydrogen (secondary N) is 1. The highest BCUT2D eigenvalue weighted by atomic mass is 19.4. The second-order valence-electron chi connectivity index (χ2n) is 8.04. The van der Waals surface area contributed by atoms with Gasteiger partial charge in [-0.05, 0) is 25.3 Å². The number of hydrogen-bond acceptors (Lipinski definition) is 6. The molecule has 2 aliphatic rings. The Balaban J connectivity index is 1.63. The minimum absolute atomic E-state index is 0.0320. The van der Waals surface area contributed by atoms with Crippen LogP contribution in [0.3, 0.4) is 0 Å². The molecule has 3 rings (SSSR count). The van der Waals surface area contributed by atoms with Crippen molar-refractivity contribution in [2.45, 2.75) is 56.8 Å². The van der Waals surface area contributed by atoms with Crippen LogP contribution in [0.4, 0.5) is 22.4 Å². The van der Waals surface area contributed by atoms with E-state index < -0.39 is 36.1 Å².